The molecule has 0 spiro atoms. The van der Waals surface area contributed by atoms with Crippen LogP contribution in [0.1, 0.15) is 11.1 Å². The lowest BCUT2D eigenvalue weighted by Crippen LogP contribution is -1.95. The Balaban J connectivity index is 2.25. The third-order valence-corrected chi connectivity index (χ3v) is 3.27. The Morgan fingerprint density at radius 3 is 2.50 bits per heavy atom. The van der Waals surface area contributed by atoms with Crippen LogP contribution in [-0.4, -0.2) is 9.97 Å². The highest BCUT2D eigenvalue weighted by Crippen LogP contribution is 2.29. The van der Waals surface area contributed by atoms with Crippen LogP contribution < -0.4 is 5.73 Å². The van der Waals surface area contributed by atoms with Crippen LogP contribution in [0.4, 0.5) is 14.5 Å². The summed E-state index contributed by atoms with van der Waals surface area (Å²) in [5.41, 5.74) is 10.0. The van der Waals surface area contributed by atoms with Crippen molar-refractivity contribution < 1.29 is 8.78 Å². The predicted octanol–water partition coefficient (Wildman–Crippen LogP) is 3.71. The number of imidazole rings is 1. The fourth-order valence-corrected chi connectivity index (χ4v) is 2.37. The third kappa shape index (κ3) is 1.91. The number of benzene rings is 2. The van der Waals surface area contributed by atoms with E-state index in [1.807, 2.05) is 26.0 Å². The van der Waals surface area contributed by atoms with E-state index in [1.165, 1.54) is 0 Å². The fourth-order valence-electron chi connectivity index (χ4n) is 2.37. The maximum Gasteiger partial charge on any atom is 0.160 e. The highest BCUT2D eigenvalue weighted by molar-refractivity contribution is 5.85. The van der Waals surface area contributed by atoms with E-state index < -0.39 is 11.6 Å². The Kier molecular flexibility index (Phi) is 2.71. The van der Waals surface area contributed by atoms with Crippen molar-refractivity contribution in [2.24, 2.45) is 0 Å². The standard InChI is InChI=1S/C15H13F2N3/c1-7-3-8(2)14-13(4-7)19-15(20-14)9-5-10(16)11(17)6-12(9)18/h3-6H,18H2,1-2H3,(H,19,20). The second-order valence-corrected chi connectivity index (χ2v) is 4.92. The Bertz CT molecular complexity index is 822. The average Bonchev–Trinajstić information content (AvgIpc) is 2.77. The number of nitrogens with one attached hydrogen (secondary N) is 1. The third-order valence-electron chi connectivity index (χ3n) is 3.27. The van der Waals surface area contributed by atoms with Gasteiger partial charge in [-0.1, -0.05) is 6.07 Å². The second-order valence-electron chi connectivity index (χ2n) is 4.92. The number of hydrogen-bond donors (Lipinski definition) is 2. The number of halogens is 2. The molecule has 1 aromatic heterocycles. The van der Waals surface area contributed by atoms with Crippen molar-refractivity contribution in [3.63, 3.8) is 0 Å². The molecular weight excluding hydrogens is 260 g/mol. The van der Waals surface area contributed by atoms with Crippen LogP contribution in [0.15, 0.2) is 24.3 Å². The van der Waals surface area contributed by atoms with Gasteiger partial charge in [-0.25, -0.2) is 13.8 Å². The van der Waals surface area contributed by atoms with Crippen molar-refractivity contribution in [1.82, 2.24) is 9.97 Å². The molecule has 0 radical (unpaired) electrons. The first-order valence-corrected chi connectivity index (χ1v) is 6.17. The molecule has 3 rings (SSSR count). The molecular formula is C15H13F2N3. The zero-order chi connectivity index (χ0) is 14.4. The summed E-state index contributed by atoms with van der Waals surface area (Å²) < 4.78 is 26.5. The average molecular weight is 273 g/mol. The highest BCUT2D eigenvalue weighted by Gasteiger charge is 2.14. The van der Waals surface area contributed by atoms with Gasteiger partial charge in [-0.3, -0.25) is 0 Å². The first kappa shape index (κ1) is 12.6. The number of aryl methyl sites for hydroxylation is 2. The SMILES string of the molecule is Cc1cc(C)c2nc(-c3cc(F)c(F)cc3N)[nH]c2c1. The molecule has 3 nitrogen and oxygen atoms in total. The number of rotatable bonds is 1. The van der Waals surface area contributed by atoms with Gasteiger partial charge in [-0.05, 0) is 37.1 Å². The van der Waals surface area contributed by atoms with E-state index in [4.69, 9.17) is 5.73 Å². The molecule has 0 amide bonds. The number of hydrogen-bond acceptors (Lipinski definition) is 2. The summed E-state index contributed by atoms with van der Waals surface area (Å²) in [6, 6.07) is 6.00. The summed E-state index contributed by atoms with van der Waals surface area (Å²) in [4.78, 5) is 7.53. The molecule has 2 aromatic carbocycles. The quantitative estimate of drug-likeness (QED) is 0.664. The Labute approximate surface area is 114 Å². The lowest BCUT2D eigenvalue weighted by atomic mass is 10.1. The van der Waals surface area contributed by atoms with Crippen LogP contribution in [-0.2, 0) is 0 Å². The van der Waals surface area contributed by atoms with Crippen molar-refractivity contribution in [3.05, 3.63) is 47.0 Å². The minimum absolute atomic E-state index is 0.150. The zero-order valence-electron chi connectivity index (χ0n) is 11.1. The zero-order valence-corrected chi connectivity index (χ0v) is 11.1. The molecule has 0 atom stereocenters. The van der Waals surface area contributed by atoms with Gasteiger partial charge in [0.05, 0.1) is 11.0 Å². The largest absolute Gasteiger partial charge is 0.398 e. The Morgan fingerprint density at radius 1 is 1.05 bits per heavy atom. The van der Waals surface area contributed by atoms with Crippen LogP contribution in [0.3, 0.4) is 0 Å². The van der Waals surface area contributed by atoms with E-state index in [0.717, 1.165) is 34.3 Å². The first-order valence-electron chi connectivity index (χ1n) is 6.17. The lowest BCUT2D eigenvalue weighted by molar-refractivity contribution is 0.509. The van der Waals surface area contributed by atoms with Crippen LogP contribution >= 0.6 is 0 Å². The summed E-state index contributed by atoms with van der Waals surface area (Å²) in [6.45, 7) is 3.94. The van der Waals surface area contributed by atoms with Crippen molar-refractivity contribution in [1.29, 1.82) is 0 Å². The van der Waals surface area contributed by atoms with Crippen molar-refractivity contribution >= 4 is 16.7 Å². The van der Waals surface area contributed by atoms with Crippen LogP contribution in [0.5, 0.6) is 0 Å². The Hall–Kier alpha value is -2.43. The molecule has 0 unspecified atom stereocenters. The second kappa shape index (κ2) is 4.30. The van der Waals surface area contributed by atoms with Gasteiger partial charge in [-0.15, -0.1) is 0 Å². The summed E-state index contributed by atoms with van der Waals surface area (Å²) >= 11 is 0. The molecule has 0 aliphatic rings. The monoisotopic (exact) mass is 273 g/mol. The summed E-state index contributed by atoms with van der Waals surface area (Å²) in [6.07, 6.45) is 0. The summed E-state index contributed by atoms with van der Waals surface area (Å²) in [5.74, 6) is -1.47. The first-order chi connectivity index (χ1) is 9.45. The number of aromatic nitrogens is 2. The van der Waals surface area contributed by atoms with Crippen LogP contribution in [0, 0.1) is 25.5 Å². The molecule has 0 aliphatic heterocycles. The number of nitrogens with two attached hydrogens (primary N) is 1. The van der Waals surface area contributed by atoms with E-state index in [1.54, 1.807) is 0 Å². The molecule has 1 heterocycles. The molecule has 5 heteroatoms. The maximum atomic E-state index is 13.4. The van der Waals surface area contributed by atoms with Gasteiger partial charge in [0.15, 0.2) is 11.6 Å². The minimum Gasteiger partial charge on any atom is -0.398 e. The minimum atomic E-state index is -0.964. The van der Waals surface area contributed by atoms with E-state index in [9.17, 15) is 8.78 Å². The molecule has 0 saturated heterocycles. The topological polar surface area (TPSA) is 54.7 Å². The van der Waals surface area contributed by atoms with Gasteiger partial charge < -0.3 is 10.7 Å². The molecule has 0 bridgehead atoms. The van der Waals surface area contributed by atoms with Gasteiger partial charge in [0.25, 0.3) is 0 Å². The molecule has 3 N–H and O–H groups in total. The van der Waals surface area contributed by atoms with Gasteiger partial charge in [0.2, 0.25) is 0 Å². The molecule has 0 aliphatic carbocycles. The number of nitrogen functional groups attached to an aromatic ring is 1. The van der Waals surface area contributed by atoms with Crippen LogP contribution in [0.2, 0.25) is 0 Å². The number of H-pyrrole nitrogens is 1. The van der Waals surface area contributed by atoms with Crippen LogP contribution in [0.25, 0.3) is 22.4 Å². The van der Waals surface area contributed by atoms with Gasteiger partial charge in [0.1, 0.15) is 5.82 Å². The van der Waals surface area contributed by atoms with Crippen molar-refractivity contribution in [3.8, 4) is 11.4 Å². The fraction of sp³-hybridized carbons (Fsp3) is 0.133. The van der Waals surface area contributed by atoms with E-state index >= 15 is 0 Å². The van der Waals surface area contributed by atoms with Gasteiger partial charge in [0, 0.05) is 17.3 Å². The van der Waals surface area contributed by atoms with E-state index in [0.29, 0.717) is 11.4 Å². The Morgan fingerprint density at radius 2 is 1.75 bits per heavy atom. The maximum absolute atomic E-state index is 13.4. The highest BCUT2D eigenvalue weighted by atomic mass is 19.2. The molecule has 3 aromatic rings. The van der Waals surface area contributed by atoms with E-state index in [-0.39, 0.29) is 5.69 Å². The molecule has 0 saturated carbocycles. The lowest BCUT2D eigenvalue weighted by Gasteiger charge is -2.03. The number of nitrogens with zero attached hydrogens (tertiary/aromatic N) is 1. The summed E-state index contributed by atoms with van der Waals surface area (Å²) in [5, 5.41) is 0. The smallest absolute Gasteiger partial charge is 0.160 e. The number of anilines is 1. The van der Waals surface area contributed by atoms with E-state index in [2.05, 4.69) is 9.97 Å². The number of fused-ring (bicyclic) bond motifs is 1. The molecule has 20 heavy (non-hydrogen) atoms. The van der Waals surface area contributed by atoms with Crippen molar-refractivity contribution in [2.45, 2.75) is 13.8 Å². The van der Waals surface area contributed by atoms with Crippen molar-refractivity contribution in [2.75, 3.05) is 5.73 Å². The predicted molar refractivity (Wildman–Crippen MR) is 75.3 cm³/mol. The molecule has 0 fully saturated rings. The van der Waals surface area contributed by atoms with Gasteiger partial charge in [-0.2, -0.15) is 0 Å². The summed E-state index contributed by atoms with van der Waals surface area (Å²) in [7, 11) is 0. The molecule has 102 valence electrons. The number of aromatic amines is 1. The van der Waals surface area contributed by atoms with Gasteiger partial charge >= 0.3 is 0 Å². The normalized spacial score (nSPS) is 11.2.